The van der Waals surface area contributed by atoms with E-state index >= 15 is 0 Å². The lowest BCUT2D eigenvalue weighted by molar-refractivity contribution is -0.0640. The maximum absolute atomic E-state index is 12.6. The Morgan fingerprint density at radius 3 is 2.62 bits per heavy atom. The molecule has 1 N–H and O–H groups in total. The van der Waals surface area contributed by atoms with Gasteiger partial charge >= 0.3 is 5.97 Å². The van der Waals surface area contributed by atoms with Crippen molar-refractivity contribution in [3.63, 3.8) is 0 Å². The van der Waals surface area contributed by atoms with Crippen LogP contribution in [0.4, 0.5) is 0 Å². The summed E-state index contributed by atoms with van der Waals surface area (Å²) >= 11 is 0. The largest absolute Gasteiger partial charge is 0.477 e. The summed E-state index contributed by atoms with van der Waals surface area (Å²) < 4.78 is 33.6. The molecule has 1 aromatic rings. The molecule has 0 amide bonds. The summed E-state index contributed by atoms with van der Waals surface area (Å²) in [5.74, 6) is -1.14. The zero-order chi connectivity index (χ0) is 15.8. The van der Waals surface area contributed by atoms with Gasteiger partial charge in [-0.3, -0.25) is 0 Å². The molecule has 1 aromatic heterocycles. The fraction of sp³-hybridized carbons (Fsp3) is 0.615. The number of aromatic carboxylic acids is 1. The van der Waals surface area contributed by atoms with E-state index in [-0.39, 0.29) is 23.7 Å². The molecule has 0 atom stereocenters. The van der Waals surface area contributed by atoms with Crippen LogP contribution >= 0.6 is 0 Å². The summed E-state index contributed by atoms with van der Waals surface area (Å²) in [5.41, 5.74) is -0.572. The highest BCUT2D eigenvalue weighted by molar-refractivity contribution is 7.89. The second-order valence-corrected chi connectivity index (χ2v) is 7.54. The molecule has 0 aliphatic carbocycles. The Hall–Kier alpha value is -1.38. The Morgan fingerprint density at radius 1 is 1.48 bits per heavy atom. The molecule has 1 saturated heterocycles. The van der Waals surface area contributed by atoms with Gasteiger partial charge in [0, 0.05) is 25.8 Å². The zero-order valence-electron chi connectivity index (χ0n) is 12.4. The first-order valence-corrected chi connectivity index (χ1v) is 8.19. The summed E-state index contributed by atoms with van der Waals surface area (Å²) in [4.78, 5) is 11.2. The smallest absolute Gasteiger partial charge is 0.352 e. The van der Waals surface area contributed by atoms with Gasteiger partial charge < -0.3 is 14.4 Å². The maximum Gasteiger partial charge on any atom is 0.352 e. The van der Waals surface area contributed by atoms with E-state index in [9.17, 15) is 13.2 Å². The molecule has 118 valence electrons. The van der Waals surface area contributed by atoms with Crippen LogP contribution < -0.4 is 0 Å². The standard InChI is InChI=1S/C13H20N2O5S/c1-4-14-8-10(7-11(14)12(16)17)21(18,19)15-5-6-20-13(2,3)9-15/h7-8H,4-6,9H2,1-3H3,(H,16,17). The molecule has 8 heteroatoms. The monoisotopic (exact) mass is 316 g/mol. The van der Waals surface area contributed by atoms with Gasteiger partial charge in [-0.25, -0.2) is 13.2 Å². The number of carboxylic acid groups (broad SMARTS) is 1. The molecular formula is C13H20N2O5S. The van der Waals surface area contributed by atoms with Crippen molar-refractivity contribution in [3.8, 4) is 0 Å². The van der Waals surface area contributed by atoms with Crippen LogP contribution in [0.15, 0.2) is 17.2 Å². The molecule has 0 radical (unpaired) electrons. The molecule has 0 unspecified atom stereocenters. The van der Waals surface area contributed by atoms with Crippen molar-refractivity contribution in [2.75, 3.05) is 19.7 Å². The summed E-state index contributed by atoms with van der Waals surface area (Å²) in [5, 5.41) is 9.12. The van der Waals surface area contributed by atoms with Crippen LogP contribution in [0.1, 0.15) is 31.3 Å². The van der Waals surface area contributed by atoms with Crippen molar-refractivity contribution in [2.45, 2.75) is 37.8 Å². The number of carboxylic acids is 1. The number of nitrogens with zero attached hydrogens (tertiary/aromatic N) is 2. The van der Waals surface area contributed by atoms with Crippen LogP contribution in [-0.2, 0) is 21.3 Å². The van der Waals surface area contributed by atoms with Crippen LogP contribution in [0.25, 0.3) is 0 Å². The molecule has 7 nitrogen and oxygen atoms in total. The molecule has 1 aliphatic heterocycles. The van der Waals surface area contributed by atoms with Gasteiger partial charge in [-0.2, -0.15) is 4.31 Å². The van der Waals surface area contributed by atoms with E-state index in [2.05, 4.69) is 0 Å². The SMILES string of the molecule is CCn1cc(S(=O)(=O)N2CCOC(C)(C)C2)cc1C(=O)O. The second-order valence-electron chi connectivity index (χ2n) is 5.60. The highest BCUT2D eigenvalue weighted by Crippen LogP contribution is 2.25. The average molecular weight is 316 g/mol. The van der Waals surface area contributed by atoms with Gasteiger partial charge in [0.2, 0.25) is 10.0 Å². The average Bonchev–Trinajstić information content (AvgIpc) is 2.82. The van der Waals surface area contributed by atoms with Crippen LogP contribution in [0, 0.1) is 0 Å². The van der Waals surface area contributed by atoms with Crippen molar-refractivity contribution in [3.05, 3.63) is 18.0 Å². The van der Waals surface area contributed by atoms with E-state index in [1.807, 2.05) is 13.8 Å². The highest BCUT2D eigenvalue weighted by atomic mass is 32.2. The Labute approximate surface area is 124 Å². The number of aromatic nitrogens is 1. The van der Waals surface area contributed by atoms with Crippen molar-refractivity contribution in [1.29, 1.82) is 0 Å². The van der Waals surface area contributed by atoms with E-state index in [1.54, 1.807) is 6.92 Å². The second kappa shape index (κ2) is 5.43. The highest BCUT2D eigenvalue weighted by Gasteiger charge is 2.35. The Bertz CT molecular complexity index is 648. The molecule has 1 fully saturated rings. The Morgan fingerprint density at radius 2 is 2.14 bits per heavy atom. The minimum atomic E-state index is -3.71. The fourth-order valence-corrected chi connectivity index (χ4v) is 4.01. The third-order valence-electron chi connectivity index (χ3n) is 3.46. The van der Waals surface area contributed by atoms with Gasteiger partial charge in [0.15, 0.2) is 0 Å². The molecule has 0 saturated carbocycles. The molecular weight excluding hydrogens is 296 g/mol. The number of hydrogen-bond acceptors (Lipinski definition) is 4. The van der Waals surface area contributed by atoms with E-state index in [0.717, 1.165) is 0 Å². The van der Waals surface area contributed by atoms with Gasteiger partial charge in [-0.15, -0.1) is 0 Å². The number of morpholine rings is 1. The Balaban J connectivity index is 2.38. The topological polar surface area (TPSA) is 88.8 Å². The van der Waals surface area contributed by atoms with Crippen LogP contribution in [0.5, 0.6) is 0 Å². The molecule has 0 aromatic carbocycles. The molecule has 2 heterocycles. The van der Waals surface area contributed by atoms with Crippen molar-refractivity contribution >= 4 is 16.0 Å². The lowest BCUT2D eigenvalue weighted by Gasteiger charge is -2.37. The number of sulfonamides is 1. The van der Waals surface area contributed by atoms with E-state index in [1.165, 1.54) is 21.1 Å². The third kappa shape index (κ3) is 3.12. The maximum atomic E-state index is 12.6. The van der Waals surface area contributed by atoms with E-state index in [0.29, 0.717) is 13.2 Å². The predicted molar refractivity (Wildman–Crippen MR) is 75.9 cm³/mol. The lowest BCUT2D eigenvalue weighted by atomic mass is 10.1. The first-order valence-electron chi connectivity index (χ1n) is 6.75. The van der Waals surface area contributed by atoms with Crippen molar-refractivity contribution in [1.82, 2.24) is 8.87 Å². The number of carbonyl (C=O) groups is 1. The van der Waals surface area contributed by atoms with Crippen LogP contribution in [-0.4, -0.2) is 53.7 Å². The van der Waals surface area contributed by atoms with E-state index in [4.69, 9.17) is 9.84 Å². The lowest BCUT2D eigenvalue weighted by Crippen LogP contribution is -2.50. The predicted octanol–water partition coefficient (Wildman–Crippen LogP) is 1.01. The molecule has 0 bridgehead atoms. The van der Waals surface area contributed by atoms with Crippen LogP contribution in [0.2, 0.25) is 0 Å². The van der Waals surface area contributed by atoms with Gasteiger partial charge in [0.1, 0.15) is 10.6 Å². The molecule has 0 spiro atoms. The first-order chi connectivity index (χ1) is 9.67. The van der Waals surface area contributed by atoms with Gasteiger partial charge in [-0.1, -0.05) is 0 Å². The summed E-state index contributed by atoms with van der Waals surface area (Å²) in [6, 6.07) is 1.21. The zero-order valence-corrected chi connectivity index (χ0v) is 13.2. The summed E-state index contributed by atoms with van der Waals surface area (Å²) in [6.45, 7) is 6.66. The molecule has 2 rings (SSSR count). The van der Waals surface area contributed by atoms with Crippen molar-refractivity contribution < 1.29 is 23.1 Å². The quantitative estimate of drug-likeness (QED) is 0.895. The normalized spacial score (nSPS) is 19.6. The minimum Gasteiger partial charge on any atom is -0.477 e. The van der Waals surface area contributed by atoms with Crippen molar-refractivity contribution in [2.24, 2.45) is 0 Å². The van der Waals surface area contributed by atoms with Gasteiger partial charge in [0.25, 0.3) is 0 Å². The van der Waals surface area contributed by atoms with Gasteiger partial charge in [0.05, 0.1) is 12.2 Å². The number of ether oxygens (including phenoxy) is 1. The van der Waals surface area contributed by atoms with Crippen LogP contribution in [0.3, 0.4) is 0 Å². The summed E-state index contributed by atoms with van der Waals surface area (Å²) in [6.07, 6.45) is 1.38. The number of hydrogen-bond donors (Lipinski definition) is 1. The van der Waals surface area contributed by atoms with E-state index < -0.39 is 21.6 Å². The third-order valence-corrected chi connectivity index (χ3v) is 5.27. The molecule has 21 heavy (non-hydrogen) atoms. The molecule has 1 aliphatic rings. The Kier molecular flexibility index (Phi) is 4.14. The summed E-state index contributed by atoms with van der Waals surface area (Å²) in [7, 11) is -3.71. The fourth-order valence-electron chi connectivity index (χ4n) is 2.39. The number of aryl methyl sites for hydroxylation is 1. The first kappa shape index (κ1) is 16.0. The van der Waals surface area contributed by atoms with Gasteiger partial charge in [-0.05, 0) is 26.8 Å². The number of rotatable bonds is 4. The minimum absolute atomic E-state index is 0.0134.